The molecule has 0 spiro atoms. The summed E-state index contributed by atoms with van der Waals surface area (Å²) in [6, 6.07) is 7.34. The molecule has 12 nitrogen and oxygen atoms in total. The van der Waals surface area contributed by atoms with Crippen molar-refractivity contribution in [3.63, 3.8) is 0 Å². The van der Waals surface area contributed by atoms with Gasteiger partial charge in [-0.15, -0.1) is 0 Å². The molecule has 0 heterocycles. The van der Waals surface area contributed by atoms with Crippen molar-refractivity contribution >= 4 is 23.5 Å². The predicted octanol–water partition coefficient (Wildman–Crippen LogP) is 0.755. The number of hydrogen-bond donors (Lipinski definition) is 7. The van der Waals surface area contributed by atoms with Crippen molar-refractivity contribution in [2.24, 2.45) is 5.73 Å². The molecule has 1 aliphatic rings. The number of amides is 2. The van der Waals surface area contributed by atoms with Gasteiger partial charge in [0.05, 0.1) is 18.2 Å². The monoisotopic (exact) mass is 558 g/mol. The van der Waals surface area contributed by atoms with Gasteiger partial charge in [0.25, 0.3) is 0 Å². The fourth-order valence-corrected chi connectivity index (χ4v) is 5.44. The first-order valence-corrected chi connectivity index (χ1v) is 12.7. The topological polar surface area (TPSA) is 195 Å². The van der Waals surface area contributed by atoms with Crippen LogP contribution >= 0.6 is 0 Å². The number of carbonyl (C=O) groups is 3. The number of rotatable bonds is 8. The van der Waals surface area contributed by atoms with E-state index in [1.807, 2.05) is 0 Å². The van der Waals surface area contributed by atoms with E-state index in [0.717, 1.165) is 0 Å². The van der Waals surface area contributed by atoms with E-state index in [-0.39, 0.29) is 17.1 Å². The second kappa shape index (κ2) is 11.0. The maximum Gasteiger partial charge on any atom is 0.342 e. The Morgan fingerprint density at radius 2 is 1.77 bits per heavy atom. The van der Waals surface area contributed by atoms with E-state index >= 15 is 0 Å². The number of phenolic OH excluding ortho intramolecular Hbond substituents is 1. The molecule has 0 saturated heterocycles. The molecule has 2 aromatic rings. The third-order valence-corrected chi connectivity index (χ3v) is 7.90. The second-order valence-electron chi connectivity index (χ2n) is 10.7. The van der Waals surface area contributed by atoms with Gasteiger partial charge in [-0.05, 0) is 51.5 Å². The number of carbonyl (C=O) groups excluding carboxylic acids is 3. The van der Waals surface area contributed by atoms with Gasteiger partial charge in [0.2, 0.25) is 0 Å². The Morgan fingerprint density at radius 3 is 2.33 bits per heavy atom. The zero-order valence-corrected chi connectivity index (χ0v) is 23.4. The van der Waals surface area contributed by atoms with E-state index in [0.29, 0.717) is 16.8 Å². The lowest BCUT2D eigenvalue weighted by Crippen LogP contribution is -2.76. The Hall–Kier alpha value is -3.71. The number of ketones is 1. The fraction of sp³-hybridized carbons (Fsp3) is 0.464. The maximum atomic E-state index is 13.0. The van der Waals surface area contributed by atoms with E-state index < -0.39 is 53.5 Å². The van der Waals surface area contributed by atoms with Crippen molar-refractivity contribution in [3.05, 3.63) is 59.2 Å². The number of anilines is 1. The third kappa shape index (κ3) is 4.99. The van der Waals surface area contributed by atoms with Crippen LogP contribution in [0.2, 0.25) is 0 Å². The molecule has 0 aliphatic heterocycles. The maximum absolute atomic E-state index is 13.0. The predicted molar refractivity (Wildman–Crippen MR) is 147 cm³/mol. The quantitative estimate of drug-likeness (QED) is 0.179. The van der Waals surface area contributed by atoms with Gasteiger partial charge in [-0.1, -0.05) is 24.3 Å². The summed E-state index contributed by atoms with van der Waals surface area (Å²) in [5.74, 6) is -1.53. The lowest BCUT2D eigenvalue weighted by atomic mass is 9.73. The molecule has 0 radical (unpaired) electrons. The average molecular weight is 559 g/mol. The molecule has 1 aliphatic carbocycles. The number of esters is 1. The molecule has 3 rings (SSSR count). The number of urea groups is 1. The van der Waals surface area contributed by atoms with Crippen LogP contribution in [0.25, 0.3) is 0 Å². The Morgan fingerprint density at radius 1 is 1.15 bits per heavy atom. The Kier molecular flexibility index (Phi) is 8.51. The highest BCUT2D eigenvalue weighted by molar-refractivity contribution is 5.95. The van der Waals surface area contributed by atoms with Crippen molar-refractivity contribution in [3.8, 4) is 5.75 Å². The van der Waals surface area contributed by atoms with Gasteiger partial charge in [-0.2, -0.15) is 0 Å². The van der Waals surface area contributed by atoms with Gasteiger partial charge in [-0.3, -0.25) is 4.79 Å². The minimum atomic E-state index is -2.43. The summed E-state index contributed by atoms with van der Waals surface area (Å²) in [6.45, 7) is 4.62. The number of nitrogens with one attached hydrogen (secondary N) is 2. The van der Waals surface area contributed by atoms with E-state index in [2.05, 4.69) is 10.6 Å². The normalized spacial score (nSPS) is 28.4. The fourth-order valence-electron chi connectivity index (χ4n) is 5.44. The SMILES string of the molecule is CC(=O)c1cccc(N[C@@H]2[C@H](N)[C@](NC(=O)N(C)C)([C@@H](C)O)[C@@](C)(O)[C@@]2(O)COC(=O)c2c(C)cccc2O)c1. The van der Waals surface area contributed by atoms with Gasteiger partial charge in [0, 0.05) is 25.3 Å². The number of Topliss-reactive ketones (excluding diaryl/α,β-unsaturated/α-hetero) is 1. The van der Waals surface area contributed by atoms with Crippen LogP contribution in [0.4, 0.5) is 10.5 Å². The molecule has 6 atom stereocenters. The number of aryl methyl sites for hydroxylation is 1. The lowest BCUT2D eigenvalue weighted by Gasteiger charge is -2.48. The van der Waals surface area contributed by atoms with Gasteiger partial charge in [-0.25, -0.2) is 9.59 Å². The van der Waals surface area contributed by atoms with Crippen LogP contribution in [-0.2, 0) is 4.74 Å². The summed E-state index contributed by atoms with van der Waals surface area (Å²) >= 11 is 0. The molecule has 0 bridgehead atoms. The van der Waals surface area contributed by atoms with Gasteiger partial charge >= 0.3 is 12.0 Å². The van der Waals surface area contributed by atoms with Gasteiger partial charge in [0.15, 0.2) is 11.4 Å². The average Bonchev–Trinajstić information content (AvgIpc) is 2.99. The smallest absolute Gasteiger partial charge is 0.342 e. The van der Waals surface area contributed by atoms with Crippen molar-refractivity contribution in [1.82, 2.24) is 10.2 Å². The molecular formula is C28H38N4O8. The highest BCUT2D eigenvalue weighted by Crippen LogP contribution is 2.49. The molecule has 8 N–H and O–H groups in total. The number of aromatic hydroxyl groups is 1. The van der Waals surface area contributed by atoms with E-state index in [9.17, 15) is 34.8 Å². The number of phenols is 1. The summed E-state index contributed by atoms with van der Waals surface area (Å²) in [5, 5.41) is 51.1. The number of nitrogens with zero attached hydrogens (tertiary/aromatic N) is 1. The number of ether oxygens (including phenoxy) is 1. The van der Waals surface area contributed by atoms with Crippen molar-refractivity contribution < 1.29 is 39.5 Å². The molecule has 218 valence electrons. The van der Waals surface area contributed by atoms with Crippen LogP contribution in [0, 0.1) is 6.92 Å². The van der Waals surface area contributed by atoms with E-state index in [4.69, 9.17) is 10.5 Å². The third-order valence-electron chi connectivity index (χ3n) is 7.90. The van der Waals surface area contributed by atoms with Crippen molar-refractivity contribution in [1.29, 1.82) is 0 Å². The molecule has 2 amide bonds. The van der Waals surface area contributed by atoms with Crippen LogP contribution < -0.4 is 16.4 Å². The highest BCUT2D eigenvalue weighted by Gasteiger charge is 2.76. The molecule has 40 heavy (non-hydrogen) atoms. The van der Waals surface area contributed by atoms with E-state index in [1.165, 1.54) is 51.9 Å². The van der Waals surface area contributed by atoms with Crippen LogP contribution in [0.15, 0.2) is 42.5 Å². The Bertz CT molecular complexity index is 1280. The molecule has 1 fully saturated rings. The molecule has 0 unspecified atom stereocenters. The standard InChI is InChI=1S/C28H38N4O8/c1-15-9-7-12-20(35)21(15)24(36)40-14-27(39)23(30-19-11-8-10-18(13-19)16(2)33)22(29)28(17(3)34,26(27,4)38)31-25(37)32(5)6/h7-13,17,22-23,30,34-35,38-39H,14,29H2,1-6H3,(H,31,37)/t17-,22+,23-,26+,27-,28-/m1/s1. The number of aliphatic hydroxyl groups excluding tert-OH is 1. The highest BCUT2D eigenvalue weighted by atomic mass is 16.5. The lowest BCUT2D eigenvalue weighted by molar-refractivity contribution is -0.186. The van der Waals surface area contributed by atoms with E-state index in [1.54, 1.807) is 37.3 Å². The van der Waals surface area contributed by atoms with Gasteiger partial charge in [0.1, 0.15) is 29.1 Å². The minimum Gasteiger partial charge on any atom is -0.507 e. The first kappa shape index (κ1) is 30.8. The molecule has 2 aromatic carbocycles. The summed E-state index contributed by atoms with van der Waals surface area (Å²) in [7, 11) is 2.90. The zero-order chi connectivity index (χ0) is 30.2. The van der Waals surface area contributed by atoms with Crippen LogP contribution in [0.1, 0.15) is 47.1 Å². The summed E-state index contributed by atoms with van der Waals surface area (Å²) < 4.78 is 5.45. The van der Waals surface area contributed by atoms with Crippen molar-refractivity contribution in [2.45, 2.75) is 62.6 Å². The molecular weight excluding hydrogens is 520 g/mol. The molecule has 0 aromatic heterocycles. The van der Waals surface area contributed by atoms with Crippen LogP contribution in [0.3, 0.4) is 0 Å². The number of nitrogens with two attached hydrogens (primary N) is 1. The largest absolute Gasteiger partial charge is 0.507 e. The van der Waals surface area contributed by atoms with Crippen LogP contribution in [-0.4, -0.2) is 98.7 Å². The summed E-state index contributed by atoms with van der Waals surface area (Å²) in [4.78, 5) is 39.0. The number of aliphatic hydroxyl groups is 3. The Labute approximate surface area is 232 Å². The van der Waals surface area contributed by atoms with Crippen molar-refractivity contribution in [2.75, 3.05) is 26.0 Å². The molecule has 12 heteroatoms. The molecule has 1 saturated carbocycles. The zero-order valence-electron chi connectivity index (χ0n) is 23.4. The Balaban J connectivity index is 2.13. The first-order valence-electron chi connectivity index (χ1n) is 12.7. The second-order valence-corrected chi connectivity index (χ2v) is 10.7. The number of hydrogen-bond acceptors (Lipinski definition) is 10. The minimum absolute atomic E-state index is 0.130. The summed E-state index contributed by atoms with van der Waals surface area (Å²) in [6.07, 6.45) is -1.51. The number of benzene rings is 2. The van der Waals surface area contributed by atoms with Crippen LogP contribution in [0.5, 0.6) is 5.75 Å². The summed E-state index contributed by atoms with van der Waals surface area (Å²) in [5.41, 5.74) is 0.728. The first-order chi connectivity index (χ1) is 18.5. The van der Waals surface area contributed by atoms with Gasteiger partial charge < -0.3 is 46.4 Å².